The smallest absolute Gasteiger partial charge is 0.227 e. The van der Waals surface area contributed by atoms with Crippen LogP contribution >= 0.6 is 0 Å². The lowest BCUT2D eigenvalue weighted by Crippen LogP contribution is -2.48. The second kappa shape index (κ2) is 7.99. The van der Waals surface area contributed by atoms with E-state index < -0.39 is 0 Å². The number of hydrogen-bond donors (Lipinski definition) is 0. The molecule has 2 aliphatic rings. The van der Waals surface area contributed by atoms with Gasteiger partial charge in [0, 0.05) is 46.0 Å². The van der Waals surface area contributed by atoms with Gasteiger partial charge in [0.05, 0.1) is 19.1 Å². The van der Waals surface area contributed by atoms with Crippen molar-refractivity contribution in [3.63, 3.8) is 0 Å². The molecule has 2 fully saturated rings. The number of nitrogens with zero attached hydrogens (tertiary/aromatic N) is 3. The third-order valence-corrected chi connectivity index (χ3v) is 5.04. The van der Waals surface area contributed by atoms with Gasteiger partial charge in [0.15, 0.2) is 0 Å². The predicted molar refractivity (Wildman–Crippen MR) is 96.2 cm³/mol. The normalized spacial score (nSPS) is 22.4. The minimum Gasteiger partial charge on any atom is -0.378 e. The van der Waals surface area contributed by atoms with Gasteiger partial charge in [-0.2, -0.15) is 0 Å². The number of morpholine rings is 1. The van der Waals surface area contributed by atoms with Crippen LogP contribution in [0.2, 0.25) is 0 Å². The first-order valence-corrected chi connectivity index (χ1v) is 8.99. The van der Waals surface area contributed by atoms with E-state index >= 15 is 0 Å². The van der Waals surface area contributed by atoms with Crippen LogP contribution in [0.4, 0.5) is 5.69 Å². The fourth-order valence-corrected chi connectivity index (χ4v) is 3.76. The number of carbonyl (C=O) groups is 1. The Hall–Kier alpha value is -1.59. The lowest BCUT2D eigenvalue weighted by Gasteiger charge is -2.36. The number of anilines is 1. The second-order valence-electron chi connectivity index (χ2n) is 7.04. The second-order valence-corrected chi connectivity index (χ2v) is 7.04. The maximum atomic E-state index is 12.8. The Labute approximate surface area is 145 Å². The zero-order valence-electron chi connectivity index (χ0n) is 14.9. The van der Waals surface area contributed by atoms with Crippen LogP contribution in [0.5, 0.6) is 0 Å². The zero-order valence-corrected chi connectivity index (χ0v) is 14.9. The quantitative estimate of drug-likeness (QED) is 0.843. The van der Waals surface area contributed by atoms with E-state index in [4.69, 9.17) is 4.74 Å². The Morgan fingerprint density at radius 2 is 1.96 bits per heavy atom. The maximum absolute atomic E-state index is 12.8. The first kappa shape index (κ1) is 17.2. The summed E-state index contributed by atoms with van der Waals surface area (Å²) in [6, 6.07) is 8.54. The van der Waals surface area contributed by atoms with Crippen molar-refractivity contribution in [2.45, 2.75) is 19.4 Å². The molecule has 1 amide bonds. The van der Waals surface area contributed by atoms with Gasteiger partial charge in [-0.3, -0.25) is 9.69 Å². The summed E-state index contributed by atoms with van der Waals surface area (Å²) in [6.45, 7) is 5.72. The van der Waals surface area contributed by atoms with Crippen LogP contribution < -0.4 is 4.90 Å². The average molecular weight is 331 g/mol. The minimum absolute atomic E-state index is 0.142. The molecule has 0 aromatic heterocycles. The molecule has 132 valence electrons. The van der Waals surface area contributed by atoms with Crippen molar-refractivity contribution in [2.24, 2.45) is 5.92 Å². The number of benzene rings is 1. The summed E-state index contributed by atoms with van der Waals surface area (Å²) in [5.74, 6) is 0.465. The third-order valence-electron chi connectivity index (χ3n) is 5.04. The van der Waals surface area contributed by atoms with Gasteiger partial charge in [-0.05, 0) is 31.0 Å². The largest absolute Gasteiger partial charge is 0.378 e. The summed E-state index contributed by atoms with van der Waals surface area (Å²) >= 11 is 0. The van der Waals surface area contributed by atoms with Gasteiger partial charge < -0.3 is 14.5 Å². The van der Waals surface area contributed by atoms with Gasteiger partial charge in [-0.25, -0.2) is 0 Å². The van der Waals surface area contributed by atoms with Crippen LogP contribution in [0.1, 0.15) is 18.4 Å². The molecule has 5 heteroatoms. The molecule has 1 atom stereocenters. The summed E-state index contributed by atoms with van der Waals surface area (Å²) < 4.78 is 5.36. The Kier molecular flexibility index (Phi) is 5.74. The molecular formula is C19H29N3O2. The Morgan fingerprint density at radius 1 is 1.21 bits per heavy atom. The molecule has 3 rings (SSSR count). The molecule has 0 saturated carbocycles. The molecule has 2 heterocycles. The van der Waals surface area contributed by atoms with Crippen molar-refractivity contribution in [3.8, 4) is 0 Å². The number of ether oxygens (including phenoxy) is 1. The summed E-state index contributed by atoms with van der Waals surface area (Å²) in [5.41, 5.74) is 2.60. The number of likely N-dealkylation sites (tertiary alicyclic amines) is 1. The number of amides is 1. The van der Waals surface area contributed by atoms with Crippen molar-refractivity contribution in [3.05, 3.63) is 29.8 Å². The molecule has 1 aromatic rings. The highest BCUT2D eigenvalue weighted by molar-refractivity contribution is 5.79. The predicted octanol–water partition coefficient (Wildman–Crippen LogP) is 1.82. The van der Waals surface area contributed by atoms with E-state index in [1.807, 2.05) is 4.90 Å². The fourth-order valence-electron chi connectivity index (χ4n) is 3.76. The molecule has 0 unspecified atom stereocenters. The highest BCUT2D eigenvalue weighted by atomic mass is 16.5. The summed E-state index contributed by atoms with van der Waals surface area (Å²) in [5, 5.41) is 0. The first-order chi connectivity index (χ1) is 11.6. The van der Waals surface area contributed by atoms with Crippen LogP contribution in [0.15, 0.2) is 24.3 Å². The van der Waals surface area contributed by atoms with E-state index in [2.05, 4.69) is 48.2 Å². The number of rotatable bonds is 4. The summed E-state index contributed by atoms with van der Waals surface area (Å²) in [6.07, 6.45) is 2.12. The van der Waals surface area contributed by atoms with E-state index in [1.54, 1.807) is 0 Å². The fraction of sp³-hybridized carbons (Fsp3) is 0.632. The maximum Gasteiger partial charge on any atom is 0.227 e. The molecule has 2 saturated heterocycles. The van der Waals surface area contributed by atoms with Crippen LogP contribution in [0.3, 0.4) is 0 Å². The molecule has 0 N–H and O–H groups in total. The topological polar surface area (TPSA) is 36.0 Å². The Balaban J connectivity index is 1.62. The molecule has 24 heavy (non-hydrogen) atoms. The van der Waals surface area contributed by atoms with E-state index in [-0.39, 0.29) is 5.92 Å². The standard InChI is InChI=1S/C19H29N3O2/c1-20(2)18-8-4-3-6-16(18)14-21-9-5-7-17(15-21)19(23)22-10-12-24-13-11-22/h3-4,6,8,17H,5,7,9-15H2,1-2H3/t17-/m1/s1. The molecular weight excluding hydrogens is 302 g/mol. The molecule has 5 nitrogen and oxygen atoms in total. The van der Waals surface area contributed by atoms with Crippen molar-refractivity contribution in [2.75, 3.05) is 58.4 Å². The molecule has 2 aliphatic heterocycles. The van der Waals surface area contributed by atoms with E-state index in [9.17, 15) is 4.79 Å². The SMILES string of the molecule is CN(C)c1ccccc1CN1CCC[C@@H](C(=O)N2CCOCC2)C1. The summed E-state index contributed by atoms with van der Waals surface area (Å²) in [7, 11) is 4.17. The molecule has 0 aliphatic carbocycles. The Morgan fingerprint density at radius 3 is 2.71 bits per heavy atom. The molecule has 0 bridgehead atoms. The van der Waals surface area contributed by atoms with E-state index in [0.717, 1.165) is 45.6 Å². The molecule has 0 spiro atoms. The Bertz CT molecular complexity index is 555. The van der Waals surface area contributed by atoms with Gasteiger partial charge in [0.25, 0.3) is 0 Å². The van der Waals surface area contributed by atoms with Crippen molar-refractivity contribution < 1.29 is 9.53 Å². The van der Waals surface area contributed by atoms with Crippen LogP contribution in [-0.2, 0) is 16.1 Å². The van der Waals surface area contributed by atoms with Gasteiger partial charge in [-0.1, -0.05) is 18.2 Å². The number of carbonyl (C=O) groups excluding carboxylic acids is 1. The van der Waals surface area contributed by atoms with Crippen LogP contribution in [-0.4, -0.2) is 69.2 Å². The molecule has 1 aromatic carbocycles. The van der Waals surface area contributed by atoms with Gasteiger partial charge in [0.1, 0.15) is 0 Å². The van der Waals surface area contributed by atoms with Gasteiger partial charge >= 0.3 is 0 Å². The zero-order chi connectivity index (χ0) is 16.9. The lowest BCUT2D eigenvalue weighted by molar-refractivity contribution is -0.141. The van der Waals surface area contributed by atoms with E-state index in [0.29, 0.717) is 19.1 Å². The molecule has 0 radical (unpaired) electrons. The number of piperidine rings is 1. The summed E-state index contributed by atoms with van der Waals surface area (Å²) in [4.78, 5) is 19.4. The third kappa shape index (κ3) is 4.08. The van der Waals surface area contributed by atoms with Gasteiger partial charge in [-0.15, -0.1) is 0 Å². The highest BCUT2D eigenvalue weighted by Gasteiger charge is 2.30. The van der Waals surface area contributed by atoms with Gasteiger partial charge in [0.2, 0.25) is 5.91 Å². The van der Waals surface area contributed by atoms with Crippen LogP contribution in [0.25, 0.3) is 0 Å². The van der Waals surface area contributed by atoms with Crippen molar-refractivity contribution in [1.82, 2.24) is 9.80 Å². The highest BCUT2D eigenvalue weighted by Crippen LogP contribution is 2.24. The minimum atomic E-state index is 0.142. The lowest BCUT2D eigenvalue weighted by atomic mass is 9.95. The first-order valence-electron chi connectivity index (χ1n) is 8.99. The average Bonchev–Trinajstić information content (AvgIpc) is 2.62. The van der Waals surface area contributed by atoms with Crippen molar-refractivity contribution >= 4 is 11.6 Å². The van der Waals surface area contributed by atoms with E-state index in [1.165, 1.54) is 11.3 Å². The number of hydrogen-bond acceptors (Lipinski definition) is 4. The number of para-hydroxylation sites is 1. The van der Waals surface area contributed by atoms with Crippen molar-refractivity contribution in [1.29, 1.82) is 0 Å². The van der Waals surface area contributed by atoms with Crippen LogP contribution in [0, 0.1) is 5.92 Å². The monoisotopic (exact) mass is 331 g/mol.